The van der Waals surface area contributed by atoms with Crippen LogP contribution in [0, 0.1) is 19.7 Å². The number of hydrogen-bond acceptors (Lipinski definition) is 2. The number of fused-ring (bicyclic) bond motifs is 1. The van der Waals surface area contributed by atoms with E-state index in [0.29, 0.717) is 28.9 Å². The number of nitrogens with zero attached hydrogens (tertiary/aromatic N) is 1. The van der Waals surface area contributed by atoms with E-state index in [2.05, 4.69) is 10.6 Å². The van der Waals surface area contributed by atoms with E-state index in [1.165, 1.54) is 12.1 Å². The Labute approximate surface area is 139 Å². The highest BCUT2D eigenvalue weighted by Crippen LogP contribution is 2.27. The lowest BCUT2D eigenvalue weighted by atomic mass is 9.96. The topological polar surface area (TPSA) is 63.1 Å². The fraction of sp³-hybridized carbons (Fsp3) is 0.333. The smallest absolute Gasteiger partial charge is 0.272 e. The molecule has 3 rings (SSSR count). The van der Waals surface area contributed by atoms with Crippen molar-refractivity contribution in [3.8, 4) is 0 Å². The Hall–Kier alpha value is -2.63. The number of carbonyl (C=O) groups is 2. The molecule has 1 aromatic carbocycles. The van der Waals surface area contributed by atoms with Gasteiger partial charge >= 0.3 is 0 Å². The largest absolute Gasteiger partial charge is 0.349 e. The Morgan fingerprint density at radius 2 is 2.08 bits per heavy atom. The van der Waals surface area contributed by atoms with Gasteiger partial charge in [0, 0.05) is 24.5 Å². The van der Waals surface area contributed by atoms with Gasteiger partial charge in [-0.1, -0.05) is 0 Å². The van der Waals surface area contributed by atoms with Gasteiger partial charge in [-0.05, 0) is 56.5 Å². The summed E-state index contributed by atoms with van der Waals surface area (Å²) in [6, 6.07) is 4.42. The van der Waals surface area contributed by atoms with Crippen LogP contribution in [0.1, 0.15) is 44.6 Å². The van der Waals surface area contributed by atoms with Crippen LogP contribution in [0.4, 0.5) is 10.1 Å². The van der Waals surface area contributed by atoms with E-state index in [1.807, 2.05) is 13.8 Å². The lowest BCUT2D eigenvalue weighted by Gasteiger charge is -2.21. The fourth-order valence-electron chi connectivity index (χ4n) is 3.23. The van der Waals surface area contributed by atoms with Gasteiger partial charge in [-0.15, -0.1) is 0 Å². The molecule has 5 nitrogen and oxygen atoms in total. The van der Waals surface area contributed by atoms with Crippen molar-refractivity contribution in [2.75, 3.05) is 5.32 Å². The second kappa shape index (κ2) is 5.78. The van der Waals surface area contributed by atoms with Crippen molar-refractivity contribution in [2.24, 2.45) is 7.05 Å². The van der Waals surface area contributed by atoms with Crippen molar-refractivity contribution in [1.82, 2.24) is 9.88 Å². The molecule has 2 N–H and O–H groups in total. The maximum atomic E-state index is 13.4. The molecule has 2 aromatic rings. The second-order valence-electron chi connectivity index (χ2n) is 6.34. The summed E-state index contributed by atoms with van der Waals surface area (Å²) in [5.74, 6) is -0.756. The molecule has 126 valence electrons. The van der Waals surface area contributed by atoms with Crippen LogP contribution in [0.25, 0.3) is 0 Å². The molecule has 2 amide bonds. The summed E-state index contributed by atoms with van der Waals surface area (Å²) in [5, 5.41) is 5.70. The van der Waals surface area contributed by atoms with E-state index in [9.17, 15) is 14.0 Å². The molecule has 2 heterocycles. The van der Waals surface area contributed by atoms with Crippen molar-refractivity contribution in [3.63, 3.8) is 0 Å². The average Bonchev–Trinajstić information content (AvgIpc) is 2.74. The third-order valence-corrected chi connectivity index (χ3v) is 4.53. The summed E-state index contributed by atoms with van der Waals surface area (Å²) in [6.07, 6.45) is 0.605. The SMILES string of the molecule is Cc1cc(NC(=O)c2c3c(c(C)n2C)C(=O)NC(C)C3)ccc1F. The highest BCUT2D eigenvalue weighted by Gasteiger charge is 2.32. The number of aryl methyl sites for hydroxylation is 1. The van der Waals surface area contributed by atoms with Crippen LogP contribution in [0.3, 0.4) is 0 Å². The van der Waals surface area contributed by atoms with Gasteiger partial charge in [0.1, 0.15) is 11.5 Å². The zero-order valence-corrected chi connectivity index (χ0v) is 14.2. The van der Waals surface area contributed by atoms with Gasteiger partial charge in [-0.2, -0.15) is 0 Å². The van der Waals surface area contributed by atoms with Gasteiger partial charge in [0.05, 0.1) is 5.56 Å². The Morgan fingerprint density at radius 1 is 1.38 bits per heavy atom. The van der Waals surface area contributed by atoms with E-state index in [-0.39, 0.29) is 23.7 Å². The maximum Gasteiger partial charge on any atom is 0.272 e. The van der Waals surface area contributed by atoms with E-state index in [0.717, 1.165) is 11.3 Å². The van der Waals surface area contributed by atoms with Crippen molar-refractivity contribution in [3.05, 3.63) is 52.1 Å². The molecule has 0 saturated carbocycles. The summed E-state index contributed by atoms with van der Waals surface area (Å²) < 4.78 is 15.1. The lowest BCUT2D eigenvalue weighted by Crippen LogP contribution is -2.39. The van der Waals surface area contributed by atoms with Crippen LogP contribution >= 0.6 is 0 Å². The molecular formula is C18H20FN3O2. The molecule has 1 unspecified atom stereocenters. The van der Waals surface area contributed by atoms with Crippen molar-refractivity contribution < 1.29 is 14.0 Å². The average molecular weight is 329 g/mol. The second-order valence-corrected chi connectivity index (χ2v) is 6.34. The maximum absolute atomic E-state index is 13.4. The summed E-state index contributed by atoms with van der Waals surface area (Å²) in [7, 11) is 1.77. The molecule has 1 atom stereocenters. The molecular weight excluding hydrogens is 309 g/mol. The van der Waals surface area contributed by atoms with E-state index < -0.39 is 0 Å². The van der Waals surface area contributed by atoms with Crippen molar-refractivity contribution >= 4 is 17.5 Å². The number of nitrogens with one attached hydrogen (secondary N) is 2. The monoisotopic (exact) mass is 329 g/mol. The minimum Gasteiger partial charge on any atom is -0.349 e. The highest BCUT2D eigenvalue weighted by molar-refractivity contribution is 6.08. The molecule has 0 fully saturated rings. The first kappa shape index (κ1) is 16.2. The van der Waals surface area contributed by atoms with Crippen molar-refractivity contribution in [1.29, 1.82) is 0 Å². The summed E-state index contributed by atoms with van der Waals surface area (Å²) in [6.45, 7) is 5.38. The molecule has 0 bridgehead atoms. The quantitative estimate of drug-likeness (QED) is 0.890. The van der Waals surface area contributed by atoms with Gasteiger partial charge in [0.15, 0.2) is 0 Å². The van der Waals surface area contributed by atoms with Crippen molar-refractivity contribution in [2.45, 2.75) is 33.2 Å². The van der Waals surface area contributed by atoms with Crippen LogP contribution in [0.2, 0.25) is 0 Å². The summed E-state index contributed by atoms with van der Waals surface area (Å²) in [5.41, 5.74) is 3.57. The first-order chi connectivity index (χ1) is 11.3. The van der Waals surface area contributed by atoms with Gasteiger partial charge in [-0.3, -0.25) is 9.59 Å². The molecule has 0 aliphatic carbocycles. The Morgan fingerprint density at radius 3 is 2.75 bits per heavy atom. The standard InChI is InChI=1S/C18H20FN3O2/c1-9-7-12(5-6-14(9)19)21-18(24)16-13-8-10(2)20-17(23)15(13)11(3)22(16)4/h5-7,10H,8H2,1-4H3,(H,20,23)(H,21,24). The number of anilines is 1. The number of aromatic nitrogens is 1. The number of rotatable bonds is 2. The first-order valence-corrected chi connectivity index (χ1v) is 7.86. The molecule has 1 aromatic heterocycles. The third kappa shape index (κ3) is 2.58. The zero-order valence-electron chi connectivity index (χ0n) is 14.2. The third-order valence-electron chi connectivity index (χ3n) is 4.53. The lowest BCUT2D eigenvalue weighted by molar-refractivity contribution is 0.0929. The molecule has 6 heteroatoms. The molecule has 24 heavy (non-hydrogen) atoms. The van der Waals surface area contributed by atoms with Crippen LogP contribution in [0.5, 0.6) is 0 Å². The number of halogens is 1. The van der Waals surface area contributed by atoms with E-state index in [1.54, 1.807) is 24.6 Å². The number of carbonyl (C=O) groups excluding carboxylic acids is 2. The Bertz CT molecular complexity index is 854. The van der Waals surface area contributed by atoms with E-state index >= 15 is 0 Å². The highest BCUT2D eigenvalue weighted by atomic mass is 19.1. The predicted molar refractivity (Wildman–Crippen MR) is 89.9 cm³/mol. The fourth-order valence-corrected chi connectivity index (χ4v) is 3.23. The zero-order chi connectivity index (χ0) is 17.6. The molecule has 0 spiro atoms. The number of benzene rings is 1. The first-order valence-electron chi connectivity index (χ1n) is 7.86. The van der Waals surface area contributed by atoms with Gasteiger partial charge < -0.3 is 15.2 Å². The predicted octanol–water partition coefficient (Wildman–Crippen LogP) is 2.71. The van der Waals surface area contributed by atoms with Gasteiger partial charge in [-0.25, -0.2) is 4.39 Å². The molecule has 1 aliphatic heterocycles. The number of amides is 2. The minimum atomic E-state index is -0.314. The van der Waals surface area contributed by atoms with Gasteiger partial charge in [0.25, 0.3) is 11.8 Å². The van der Waals surface area contributed by atoms with Crippen LogP contribution in [0.15, 0.2) is 18.2 Å². The number of hydrogen-bond donors (Lipinski definition) is 2. The minimum absolute atomic E-state index is 0.0218. The Balaban J connectivity index is 2.00. The van der Waals surface area contributed by atoms with E-state index in [4.69, 9.17) is 0 Å². The summed E-state index contributed by atoms with van der Waals surface area (Å²) >= 11 is 0. The Kier molecular flexibility index (Phi) is 3.91. The molecule has 1 aliphatic rings. The van der Waals surface area contributed by atoms with Crippen LogP contribution in [-0.2, 0) is 13.5 Å². The van der Waals surface area contributed by atoms with Crippen LogP contribution < -0.4 is 10.6 Å². The summed E-state index contributed by atoms with van der Waals surface area (Å²) in [4.78, 5) is 25.0. The normalized spacial score (nSPS) is 16.5. The molecule has 0 radical (unpaired) electrons. The van der Waals surface area contributed by atoms with Crippen LogP contribution in [-0.4, -0.2) is 22.4 Å². The molecule has 0 saturated heterocycles. The van der Waals surface area contributed by atoms with Gasteiger partial charge in [0.2, 0.25) is 0 Å².